The Hall–Kier alpha value is -1.34. The molecule has 1 aromatic heterocycles. The van der Waals surface area contributed by atoms with Crippen LogP contribution < -0.4 is 0 Å². The fourth-order valence-corrected chi connectivity index (χ4v) is 2.27. The second kappa shape index (κ2) is 6.01. The van der Waals surface area contributed by atoms with Crippen molar-refractivity contribution in [3.05, 3.63) is 28.7 Å². The van der Waals surface area contributed by atoms with Crippen molar-refractivity contribution in [2.24, 2.45) is 0 Å². The molecule has 0 aliphatic heterocycles. The molecule has 0 unspecified atom stereocenters. The molecule has 1 aromatic carbocycles. The Kier molecular flexibility index (Phi) is 4.38. The van der Waals surface area contributed by atoms with Crippen molar-refractivity contribution in [2.45, 2.75) is 11.6 Å². The van der Waals surface area contributed by atoms with Crippen LogP contribution in [0.2, 0.25) is 0 Å². The number of hydrogen-bond donors (Lipinski definition) is 2. The highest BCUT2D eigenvalue weighted by atomic mass is 79.9. The van der Waals surface area contributed by atoms with Gasteiger partial charge in [0.15, 0.2) is 5.82 Å². The summed E-state index contributed by atoms with van der Waals surface area (Å²) in [6, 6.07) is 7.71. The zero-order valence-electron chi connectivity index (χ0n) is 9.26. The van der Waals surface area contributed by atoms with Gasteiger partial charge in [-0.2, -0.15) is 0 Å². The molecule has 0 fully saturated rings. The summed E-state index contributed by atoms with van der Waals surface area (Å²) in [5.74, 6) is 0.332. The molecule has 0 aliphatic rings. The van der Waals surface area contributed by atoms with Gasteiger partial charge in [-0.15, -0.1) is 5.10 Å². The van der Waals surface area contributed by atoms with Crippen LogP contribution in [0, 0.1) is 0 Å². The first-order valence-corrected chi connectivity index (χ1v) is 6.96. The summed E-state index contributed by atoms with van der Waals surface area (Å²) in [5.41, 5.74) is 0.941. The van der Waals surface area contributed by atoms with E-state index in [2.05, 4.69) is 31.1 Å². The molecule has 5 nitrogen and oxygen atoms in total. The van der Waals surface area contributed by atoms with Crippen LogP contribution in [0.1, 0.15) is 6.42 Å². The summed E-state index contributed by atoms with van der Waals surface area (Å²) < 4.78 is 1.00. The number of nitrogens with zero attached hydrogens (tertiary/aromatic N) is 2. The van der Waals surface area contributed by atoms with E-state index in [1.165, 1.54) is 11.8 Å². The third kappa shape index (κ3) is 3.58. The zero-order chi connectivity index (χ0) is 13.0. The molecule has 94 valence electrons. The third-order valence-corrected chi connectivity index (χ3v) is 3.51. The van der Waals surface area contributed by atoms with Crippen LogP contribution in [0.25, 0.3) is 11.4 Å². The molecule has 0 amide bonds. The lowest BCUT2D eigenvalue weighted by atomic mass is 10.2. The number of carboxylic acids is 1. The predicted molar refractivity (Wildman–Crippen MR) is 72.5 cm³/mol. The van der Waals surface area contributed by atoms with Crippen molar-refractivity contribution in [2.75, 3.05) is 5.75 Å². The first kappa shape index (κ1) is 13.1. The normalized spacial score (nSPS) is 10.5. The van der Waals surface area contributed by atoms with E-state index in [0.717, 1.165) is 10.0 Å². The van der Waals surface area contributed by atoms with Gasteiger partial charge in [0.2, 0.25) is 5.16 Å². The average Bonchev–Trinajstić information content (AvgIpc) is 2.78. The Morgan fingerprint density at radius 2 is 2.11 bits per heavy atom. The Balaban J connectivity index is 2.01. The SMILES string of the molecule is O=C(O)CCSc1n[nH]c(-c2ccc(Br)cc2)n1. The number of benzene rings is 1. The summed E-state index contributed by atoms with van der Waals surface area (Å²) in [6.07, 6.45) is 0.104. The molecule has 0 bridgehead atoms. The number of hydrogen-bond acceptors (Lipinski definition) is 4. The lowest BCUT2D eigenvalue weighted by molar-refractivity contribution is -0.136. The van der Waals surface area contributed by atoms with Crippen molar-refractivity contribution in [1.29, 1.82) is 0 Å². The number of aliphatic carboxylic acids is 1. The smallest absolute Gasteiger partial charge is 0.304 e. The van der Waals surface area contributed by atoms with E-state index in [9.17, 15) is 4.79 Å². The van der Waals surface area contributed by atoms with Crippen molar-refractivity contribution in [1.82, 2.24) is 15.2 Å². The zero-order valence-corrected chi connectivity index (χ0v) is 11.7. The monoisotopic (exact) mass is 327 g/mol. The molecule has 2 rings (SSSR count). The average molecular weight is 328 g/mol. The molecule has 2 N–H and O–H groups in total. The Morgan fingerprint density at radius 1 is 1.39 bits per heavy atom. The second-order valence-electron chi connectivity index (χ2n) is 3.47. The minimum absolute atomic E-state index is 0.104. The number of H-pyrrole nitrogens is 1. The molecule has 0 saturated carbocycles. The molecule has 0 radical (unpaired) electrons. The van der Waals surface area contributed by atoms with Crippen LogP contribution in [0.4, 0.5) is 0 Å². The highest BCUT2D eigenvalue weighted by Gasteiger charge is 2.06. The van der Waals surface area contributed by atoms with E-state index < -0.39 is 5.97 Å². The number of halogens is 1. The van der Waals surface area contributed by atoms with E-state index in [0.29, 0.717) is 16.7 Å². The Bertz CT molecular complexity index is 541. The summed E-state index contributed by atoms with van der Waals surface area (Å²) in [6.45, 7) is 0. The largest absolute Gasteiger partial charge is 0.481 e. The summed E-state index contributed by atoms with van der Waals surface area (Å²) in [4.78, 5) is 14.7. The van der Waals surface area contributed by atoms with Gasteiger partial charge in [0.05, 0.1) is 6.42 Å². The van der Waals surface area contributed by atoms with Gasteiger partial charge >= 0.3 is 5.97 Å². The van der Waals surface area contributed by atoms with Crippen LogP contribution in [0.15, 0.2) is 33.9 Å². The maximum absolute atomic E-state index is 10.4. The molecule has 7 heteroatoms. The number of carboxylic acid groups (broad SMARTS) is 1. The number of aromatic amines is 1. The van der Waals surface area contributed by atoms with Crippen molar-refractivity contribution in [3.8, 4) is 11.4 Å². The van der Waals surface area contributed by atoms with Crippen LogP contribution in [-0.2, 0) is 4.79 Å². The summed E-state index contributed by atoms with van der Waals surface area (Å²) in [5, 5.41) is 16.0. The predicted octanol–water partition coefficient (Wildman–Crippen LogP) is 2.80. The molecular weight excluding hydrogens is 318 g/mol. The lowest BCUT2D eigenvalue weighted by Gasteiger charge is -1.95. The lowest BCUT2D eigenvalue weighted by Crippen LogP contribution is -1.95. The quantitative estimate of drug-likeness (QED) is 0.825. The van der Waals surface area contributed by atoms with E-state index in [1.54, 1.807) is 0 Å². The number of rotatable bonds is 5. The summed E-state index contributed by atoms with van der Waals surface area (Å²) >= 11 is 4.69. The molecule has 0 aliphatic carbocycles. The van der Waals surface area contributed by atoms with Gasteiger partial charge < -0.3 is 5.11 Å². The highest BCUT2D eigenvalue weighted by Crippen LogP contribution is 2.21. The minimum atomic E-state index is -0.814. The van der Waals surface area contributed by atoms with Gasteiger partial charge in [-0.25, -0.2) is 4.98 Å². The van der Waals surface area contributed by atoms with E-state index in [-0.39, 0.29) is 6.42 Å². The maximum atomic E-state index is 10.4. The molecule has 0 saturated heterocycles. The fraction of sp³-hybridized carbons (Fsp3) is 0.182. The van der Waals surface area contributed by atoms with E-state index >= 15 is 0 Å². The van der Waals surface area contributed by atoms with Crippen LogP contribution in [0.5, 0.6) is 0 Å². The molecule has 0 spiro atoms. The van der Waals surface area contributed by atoms with Gasteiger partial charge in [0, 0.05) is 15.8 Å². The number of thioether (sulfide) groups is 1. The first-order chi connectivity index (χ1) is 8.65. The van der Waals surface area contributed by atoms with Gasteiger partial charge in [0.25, 0.3) is 0 Å². The van der Waals surface area contributed by atoms with Crippen molar-refractivity contribution < 1.29 is 9.90 Å². The van der Waals surface area contributed by atoms with Gasteiger partial charge in [-0.05, 0) is 12.1 Å². The standard InChI is InChI=1S/C11H10BrN3O2S/c12-8-3-1-7(2-4-8)10-13-11(15-14-10)18-6-5-9(16)17/h1-4H,5-6H2,(H,16,17)(H,13,14,15). The van der Waals surface area contributed by atoms with E-state index in [1.807, 2.05) is 24.3 Å². The van der Waals surface area contributed by atoms with Crippen LogP contribution >= 0.6 is 27.7 Å². The Morgan fingerprint density at radius 3 is 2.78 bits per heavy atom. The van der Waals surface area contributed by atoms with Crippen molar-refractivity contribution >= 4 is 33.7 Å². The number of aromatic nitrogens is 3. The molecule has 2 aromatic rings. The molecule has 0 atom stereocenters. The molecular formula is C11H10BrN3O2S. The highest BCUT2D eigenvalue weighted by molar-refractivity contribution is 9.10. The fourth-order valence-electron chi connectivity index (χ4n) is 1.28. The van der Waals surface area contributed by atoms with Gasteiger partial charge in [-0.1, -0.05) is 39.8 Å². The van der Waals surface area contributed by atoms with Crippen molar-refractivity contribution in [3.63, 3.8) is 0 Å². The van der Waals surface area contributed by atoms with E-state index in [4.69, 9.17) is 5.11 Å². The number of nitrogens with one attached hydrogen (secondary N) is 1. The molecule has 1 heterocycles. The third-order valence-electron chi connectivity index (χ3n) is 2.13. The maximum Gasteiger partial charge on any atom is 0.304 e. The topological polar surface area (TPSA) is 78.9 Å². The van der Waals surface area contributed by atoms with Crippen LogP contribution in [-0.4, -0.2) is 32.0 Å². The van der Waals surface area contributed by atoms with Gasteiger partial charge in [0.1, 0.15) is 0 Å². The van der Waals surface area contributed by atoms with Crippen LogP contribution in [0.3, 0.4) is 0 Å². The molecule has 18 heavy (non-hydrogen) atoms. The Labute approximate surface area is 116 Å². The van der Waals surface area contributed by atoms with Gasteiger partial charge in [-0.3, -0.25) is 9.89 Å². The summed E-state index contributed by atoms with van der Waals surface area (Å²) in [7, 11) is 0. The minimum Gasteiger partial charge on any atom is -0.481 e. The first-order valence-electron chi connectivity index (χ1n) is 5.18. The second-order valence-corrected chi connectivity index (χ2v) is 5.44. The number of carbonyl (C=O) groups is 1.